The van der Waals surface area contributed by atoms with Crippen molar-refractivity contribution in [2.45, 2.75) is 99.5 Å². The first-order valence-corrected chi connectivity index (χ1v) is 15.6. The summed E-state index contributed by atoms with van der Waals surface area (Å²) in [5.41, 5.74) is -2.10. The molecule has 0 aromatic heterocycles. The lowest BCUT2D eigenvalue weighted by Crippen LogP contribution is -2.81. The van der Waals surface area contributed by atoms with Gasteiger partial charge in [-0.2, -0.15) is 0 Å². The molecule has 5 saturated carbocycles. The second-order valence-corrected chi connectivity index (χ2v) is 14.8. The third-order valence-corrected chi connectivity index (χ3v) is 11.2. The fourth-order valence-electron chi connectivity index (χ4n) is 9.87. The Hall–Kier alpha value is -2.85. The molecule has 0 spiro atoms. The Balaban J connectivity index is 1.93. The fourth-order valence-corrected chi connectivity index (χ4v) is 9.87. The predicted molar refractivity (Wildman–Crippen MR) is 168 cm³/mol. The molecule has 5 bridgehead atoms. The van der Waals surface area contributed by atoms with Crippen LogP contribution in [0.25, 0.3) is 0 Å². The summed E-state index contributed by atoms with van der Waals surface area (Å²) in [4.78, 5) is 45.8. The van der Waals surface area contributed by atoms with E-state index in [-0.39, 0.29) is 29.7 Å². The van der Waals surface area contributed by atoms with E-state index < -0.39 is 33.2 Å². The van der Waals surface area contributed by atoms with Crippen molar-refractivity contribution < 1.29 is 19.5 Å². The Kier molecular flexibility index (Phi) is 7.37. The van der Waals surface area contributed by atoms with Gasteiger partial charge in [-0.25, -0.2) is 0 Å². The SMILES string of the molecule is CC(C)=CC[C@H]1C[C@@]2(CC=C(C)C)C(=O)C3(CC=C(C)C)CC14C[C@@H](C=C(C)C)C(C(=O)c1ccccc1)(C3=O)C42O. The first-order chi connectivity index (χ1) is 19.7. The van der Waals surface area contributed by atoms with Crippen LogP contribution in [0.15, 0.2) is 76.9 Å². The molecule has 0 heterocycles. The molecule has 4 unspecified atom stereocenters. The van der Waals surface area contributed by atoms with Gasteiger partial charge in [-0.05, 0) is 99.8 Å². The highest BCUT2D eigenvalue weighted by Crippen LogP contribution is 2.87. The van der Waals surface area contributed by atoms with Gasteiger partial charge < -0.3 is 5.11 Å². The number of benzene rings is 1. The van der Waals surface area contributed by atoms with Crippen LogP contribution in [0.2, 0.25) is 0 Å². The normalized spacial score (nSPS) is 37.4. The molecule has 42 heavy (non-hydrogen) atoms. The van der Waals surface area contributed by atoms with Gasteiger partial charge in [0.05, 0.1) is 10.8 Å². The molecule has 0 aliphatic heterocycles. The zero-order valence-electron chi connectivity index (χ0n) is 26.8. The van der Waals surface area contributed by atoms with E-state index in [1.807, 2.05) is 65.8 Å². The van der Waals surface area contributed by atoms with Crippen LogP contribution in [-0.2, 0) is 9.59 Å². The van der Waals surface area contributed by atoms with E-state index in [1.54, 1.807) is 12.1 Å². The number of carbonyl (C=O) groups is 3. The maximum absolute atomic E-state index is 15.4. The number of allylic oxidation sites excluding steroid dienone is 8. The smallest absolute Gasteiger partial charge is 0.180 e. The van der Waals surface area contributed by atoms with Crippen molar-refractivity contribution in [3.8, 4) is 0 Å². The summed E-state index contributed by atoms with van der Waals surface area (Å²) in [5, 5.41) is 13.7. The van der Waals surface area contributed by atoms with Crippen molar-refractivity contribution in [1.29, 1.82) is 0 Å². The summed E-state index contributed by atoms with van der Waals surface area (Å²) in [7, 11) is 0. The lowest BCUT2D eigenvalue weighted by Gasteiger charge is -2.67. The van der Waals surface area contributed by atoms with Crippen LogP contribution >= 0.6 is 0 Å². The quantitative estimate of drug-likeness (QED) is 0.185. The number of hydrogen-bond donors (Lipinski definition) is 1. The van der Waals surface area contributed by atoms with Gasteiger partial charge in [0.2, 0.25) is 0 Å². The average Bonchev–Trinajstić information content (AvgIpc) is 3.18. The molecule has 1 aromatic carbocycles. The van der Waals surface area contributed by atoms with Gasteiger partial charge in [-0.3, -0.25) is 14.4 Å². The Bertz CT molecular complexity index is 1440. The maximum atomic E-state index is 15.4. The molecular formula is C38H48O4. The van der Waals surface area contributed by atoms with Gasteiger partial charge in [-0.15, -0.1) is 0 Å². The standard InChI is InChI=1S/C38H48O4/c1-24(2)14-15-29-21-35(19-17-26(5)6)32(40)34(18-16-25(3)4)23-36(29)22-30(20-27(7)8)37(33(34)41,38(35,36)42)31(39)28-12-10-9-11-13-28/h9-14,16-17,20,29-30,42H,15,18-19,21-23H2,1-8H3/t29-,30+,34?,35-,36?,37?,38?/m0/s1. The fraction of sp³-hybridized carbons (Fsp3) is 0.553. The van der Waals surface area contributed by atoms with E-state index in [0.717, 1.165) is 23.1 Å². The van der Waals surface area contributed by atoms with Crippen LogP contribution in [-0.4, -0.2) is 28.1 Å². The van der Waals surface area contributed by atoms with Gasteiger partial charge in [0.15, 0.2) is 17.3 Å². The van der Waals surface area contributed by atoms with Crippen molar-refractivity contribution in [2.75, 3.05) is 0 Å². The molecule has 5 fully saturated rings. The number of Topliss-reactive ketones (excluding diaryl/α,β-unsaturated/α-hetero) is 3. The molecule has 6 rings (SSSR count). The molecule has 5 aliphatic carbocycles. The van der Waals surface area contributed by atoms with Crippen LogP contribution in [0.4, 0.5) is 0 Å². The second-order valence-electron chi connectivity index (χ2n) is 14.8. The third kappa shape index (κ3) is 3.66. The minimum absolute atomic E-state index is 0.0212. The maximum Gasteiger partial charge on any atom is 0.180 e. The summed E-state index contributed by atoms with van der Waals surface area (Å²) in [5.74, 6) is -1.32. The molecule has 1 aromatic rings. The van der Waals surface area contributed by atoms with Crippen LogP contribution in [0.1, 0.15) is 104 Å². The summed E-state index contributed by atoms with van der Waals surface area (Å²) < 4.78 is 0. The van der Waals surface area contributed by atoms with E-state index in [9.17, 15) is 5.11 Å². The van der Waals surface area contributed by atoms with Crippen molar-refractivity contribution in [3.05, 3.63) is 82.5 Å². The number of aliphatic hydroxyl groups is 1. The lowest BCUT2D eigenvalue weighted by atomic mass is 9.34. The Morgan fingerprint density at radius 2 is 1.40 bits per heavy atom. The van der Waals surface area contributed by atoms with E-state index in [0.29, 0.717) is 31.2 Å². The molecule has 4 heteroatoms. The van der Waals surface area contributed by atoms with Crippen LogP contribution in [0, 0.1) is 33.5 Å². The van der Waals surface area contributed by atoms with Crippen molar-refractivity contribution in [1.82, 2.24) is 0 Å². The number of carbonyl (C=O) groups excluding carboxylic acids is 3. The van der Waals surface area contributed by atoms with Crippen molar-refractivity contribution in [2.24, 2.45) is 33.5 Å². The van der Waals surface area contributed by atoms with Gasteiger partial charge in [0.1, 0.15) is 11.0 Å². The van der Waals surface area contributed by atoms with E-state index in [2.05, 4.69) is 32.1 Å². The number of ketones is 3. The molecular weight excluding hydrogens is 520 g/mol. The highest BCUT2D eigenvalue weighted by molar-refractivity contribution is 6.28. The van der Waals surface area contributed by atoms with Crippen molar-refractivity contribution >= 4 is 17.3 Å². The summed E-state index contributed by atoms with van der Waals surface area (Å²) in [6.45, 7) is 16.1. The lowest BCUT2D eigenvalue weighted by molar-refractivity contribution is -0.238. The molecule has 0 radical (unpaired) electrons. The Labute approximate surface area is 252 Å². The zero-order valence-corrected chi connectivity index (χ0v) is 26.8. The average molecular weight is 569 g/mol. The molecule has 0 amide bonds. The topological polar surface area (TPSA) is 71.4 Å². The van der Waals surface area contributed by atoms with Gasteiger partial charge in [0, 0.05) is 16.9 Å². The highest BCUT2D eigenvalue weighted by atomic mass is 16.3. The molecule has 4 nitrogen and oxygen atoms in total. The van der Waals surface area contributed by atoms with Crippen LogP contribution < -0.4 is 0 Å². The monoisotopic (exact) mass is 568 g/mol. The van der Waals surface area contributed by atoms with Gasteiger partial charge >= 0.3 is 0 Å². The third-order valence-electron chi connectivity index (χ3n) is 11.2. The first kappa shape index (κ1) is 30.6. The predicted octanol–water partition coefficient (Wildman–Crippen LogP) is 8.18. The number of hydrogen-bond acceptors (Lipinski definition) is 4. The van der Waals surface area contributed by atoms with Gasteiger partial charge in [0.25, 0.3) is 0 Å². The van der Waals surface area contributed by atoms with E-state index in [1.165, 1.54) is 5.57 Å². The zero-order chi connectivity index (χ0) is 30.9. The summed E-state index contributed by atoms with van der Waals surface area (Å²) in [6, 6.07) is 9.01. The van der Waals surface area contributed by atoms with Crippen LogP contribution in [0.5, 0.6) is 0 Å². The number of rotatable bonds is 9. The minimum Gasteiger partial charge on any atom is -0.387 e. The van der Waals surface area contributed by atoms with E-state index >= 15 is 14.4 Å². The molecule has 1 N–H and O–H groups in total. The molecule has 0 saturated heterocycles. The minimum atomic E-state index is -1.79. The molecule has 7 atom stereocenters. The van der Waals surface area contributed by atoms with Crippen LogP contribution in [0.3, 0.4) is 0 Å². The second kappa shape index (κ2) is 10.1. The summed E-state index contributed by atoms with van der Waals surface area (Å²) in [6.07, 6.45) is 11.0. The molecule has 5 aliphatic rings. The van der Waals surface area contributed by atoms with Crippen molar-refractivity contribution in [3.63, 3.8) is 0 Å². The summed E-state index contributed by atoms with van der Waals surface area (Å²) >= 11 is 0. The first-order valence-electron chi connectivity index (χ1n) is 15.6. The molecule has 224 valence electrons. The Morgan fingerprint density at radius 3 is 1.98 bits per heavy atom. The van der Waals surface area contributed by atoms with E-state index in [4.69, 9.17) is 0 Å². The van der Waals surface area contributed by atoms with Gasteiger partial charge in [-0.1, -0.05) is 76.9 Å². The Morgan fingerprint density at radius 1 is 0.810 bits per heavy atom. The largest absolute Gasteiger partial charge is 0.387 e. The highest BCUT2D eigenvalue weighted by Gasteiger charge is 2.96.